The van der Waals surface area contributed by atoms with Crippen molar-refractivity contribution in [1.29, 1.82) is 0 Å². The predicted octanol–water partition coefficient (Wildman–Crippen LogP) is 5.62. The quantitative estimate of drug-likeness (QED) is 0.270. The van der Waals surface area contributed by atoms with Gasteiger partial charge in [0.15, 0.2) is 11.5 Å². The lowest BCUT2D eigenvalue weighted by atomic mass is 10.2. The lowest BCUT2D eigenvalue weighted by molar-refractivity contribution is 0.270. The van der Waals surface area contributed by atoms with E-state index in [4.69, 9.17) is 26.2 Å². The lowest BCUT2D eigenvalue weighted by Crippen LogP contribution is -2.44. The number of anilines is 1. The zero-order valence-corrected chi connectivity index (χ0v) is 19.4. The van der Waals surface area contributed by atoms with Crippen LogP contribution in [0.1, 0.15) is 5.56 Å². The fraction of sp³-hybridized carbons (Fsp3) is 0.240. The Labute approximate surface area is 198 Å². The highest BCUT2D eigenvalue weighted by Gasteiger charge is 2.18. The highest BCUT2D eigenvalue weighted by molar-refractivity contribution is 6.30. The molecule has 170 valence electrons. The first-order chi connectivity index (χ1) is 16.2. The van der Waals surface area contributed by atoms with E-state index in [1.165, 1.54) is 5.69 Å². The van der Waals surface area contributed by atoms with Gasteiger partial charge in [0.05, 0.1) is 33.0 Å². The molecule has 0 atom stereocenters. The summed E-state index contributed by atoms with van der Waals surface area (Å²) >= 11 is 6.09. The molecule has 0 N–H and O–H groups in total. The van der Waals surface area contributed by atoms with Crippen LogP contribution in [-0.4, -0.2) is 51.2 Å². The third-order valence-electron chi connectivity index (χ3n) is 5.32. The van der Waals surface area contributed by atoms with Crippen molar-refractivity contribution < 1.29 is 9.47 Å². The summed E-state index contributed by atoms with van der Waals surface area (Å²) < 4.78 is 10.8. The number of nitrogens with zero attached hydrogens (tertiary/aromatic N) is 5. The van der Waals surface area contributed by atoms with Crippen LogP contribution in [-0.2, 0) is 0 Å². The SMILES string of the molecule is COc1ccc(/C(N=Nc2cccc(Cl)c2)=N/N2CCN(c3ccccc3)CC2)cc1OC. The molecule has 1 saturated heterocycles. The highest BCUT2D eigenvalue weighted by Crippen LogP contribution is 2.28. The molecule has 8 heteroatoms. The van der Waals surface area contributed by atoms with Crippen molar-refractivity contribution in [2.45, 2.75) is 0 Å². The summed E-state index contributed by atoms with van der Waals surface area (Å²) in [6, 6.07) is 23.3. The van der Waals surface area contributed by atoms with Gasteiger partial charge in [-0.15, -0.1) is 10.2 Å². The Hall–Kier alpha value is -3.58. The molecule has 4 rings (SSSR count). The van der Waals surface area contributed by atoms with Gasteiger partial charge < -0.3 is 14.4 Å². The monoisotopic (exact) mass is 463 g/mol. The summed E-state index contributed by atoms with van der Waals surface area (Å²) in [4.78, 5) is 2.36. The molecule has 33 heavy (non-hydrogen) atoms. The minimum atomic E-state index is 0.490. The molecule has 1 aliphatic rings. The van der Waals surface area contributed by atoms with E-state index in [-0.39, 0.29) is 0 Å². The van der Waals surface area contributed by atoms with Gasteiger partial charge in [0, 0.05) is 29.4 Å². The Morgan fingerprint density at radius 1 is 0.818 bits per heavy atom. The van der Waals surface area contributed by atoms with Crippen LogP contribution >= 0.6 is 11.6 Å². The van der Waals surface area contributed by atoms with Crippen LogP contribution in [0.4, 0.5) is 11.4 Å². The molecule has 0 radical (unpaired) electrons. The maximum atomic E-state index is 6.09. The first-order valence-electron chi connectivity index (χ1n) is 10.7. The van der Waals surface area contributed by atoms with Gasteiger partial charge in [-0.2, -0.15) is 5.10 Å². The van der Waals surface area contributed by atoms with Gasteiger partial charge >= 0.3 is 0 Å². The van der Waals surface area contributed by atoms with Crippen molar-refractivity contribution in [2.75, 3.05) is 45.3 Å². The molecule has 0 aliphatic carbocycles. The van der Waals surface area contributed by atoms with E-state index in [1.54, 1.807) is 26.4 Å². The van der Waals surface area contributed by atoms with Gasteiger partial charge in [-0.05, 0) is 48.5 Å². The number of amidine groups is 1. The van der Waals surface area contributed by atoms with Crippen molar-refractivity contribution in [2.24, 2.45) is 15.3 Å². The second-order valence-corrected chi connectivity index (χ2v) is 7.89. The highest BCUT2D eigenvalue weighted by atomic mass is 35.5. The number of benzene rings is 3. The summed E-state index contributed by atoms with van der Waals surface area (Å²) in [7, 11) is 3.21. The van der Waals surface area contributed by atoms with Crippen molar-refractivity contribution in [3.63, 3.8) is 0 Å². The Morgan fingerprint density at radius 3 is 2.27 bits per heavy atom. The van der Waals surface area contributed by atoms with Gasteiger partial charge in [-0.1, -0.05) is 35.9 Å². The standard InChI is InChI=1S/C25H26ClN5O2/c1-32-23-12-11-19(17-24(23)33-2)25(28-27-21-8-6-7-20(26)18-21)29-31-15-13-30(14-16-31)22-9-4-3-5-10-22/h3-12,17-18H,13-16H2,1-2H3/b28-27?,29-25-. The Kier molecular flexibility index (Phi) is 7.42. The molecule has 0 saturated carbocycles. The van der Waals surface area contributed by atoms with Crippen LogP contribution in [0.2, 0.25) is 5.02 Å². The fourth-order valence-electron chi connectivity index (χ4n) is 3.58. The Morgan fingerprint density at radius 2 is 1.58 bits per heavy atom. The topological polar surface area (TPSA) is 62.0 Å². The predicted molar refractivity (Wildman–Crippen MR) is 132 cm³/mol. The largest absolute Gasteiger partial charge is 0.493 e. The van der Waals surface area contributed by atoms with Crippen LogP contribution in [0.3, 0.4) is 0 Å². The van der Waals surface area contributed by atoms with E-state index in [0.29, 0.717) is 28.0 Å². The van der Waals surface area contributed by atoms with Gasteiger partial charge in [0.25, 0.3) is 0 Å². The smallest absolute Gasteiger partial charge is 0.201 e. The van der Waals surface area contributed by atoms with Crippen LogP contribution in [0, 0.1) is 0 Å². The molecular formula is C25H26ClN5O2. The third-order valence-corrected chi connectivity index (χ3v) is 5.56. The molecule has 1 aliphatic heterocycles. The van der Waals surface area contributed by atoms with Gasteiger partial charge in [-0.25, -0.2) is 0 Å². The van der Waals surface area contributed by atoms with Crippen molar-refractivity contribution in [3.05, 3.63) is 83.4 Å². The molecular weight excluding hydrogens is 438 g/mol. The summed E-state index contributed by atoms with van der Waals surface area (Å²) in [6.07, 6.45) is 0. The number of methoxy groups -OCH3 is 2. The molecule has 0 unspecified atom stereocenters. The van der Waals surface area contributed by atoms with Gasteiger partial charge in [0.2, 0.25) is 5.84 Å². The molecule has 3 aromatic rings. The van der Waals surface area contributed by atoms with Gasteiger partial charge in [-0.3, -0.25) is 5.01 Å². The zero-order chi connectivity index (χ0) is 23.0. The summed E-state index contributed by atoms with van der Waals surface area (Å²) in [5, 5.41) is 16.3. The molecule has 1 fully saturated rings. The average Bonchev–Trinajstić information content (AvgIpc) is 2.87. The summed E-state index contributed by atoms with van der Waals surface area (Å²) in [6.45, 7) is 3.30. The number of hydrogen-bond acceptors (Lipinski definition) is 6. The van der Waals surface area contributed by atoms with Crippen LogP contribution in [0.25, 0.3) is 0 Å². The molecule has 3 aromatic carbocycles. The van der Waals surface area contributed by atoms with E-state index < -0.39 is 0 Å². The van der Waals surface area contributed by atoms with E-state index in [9.17, 15) is 0 Å². The van der Waals surface area contributed by atoms with Crippen molar-refractivity contribution >= 4 is 28.8 Å². The van der Waals surface area contributed by atoms with E-state index in [0.717, 1.165) is 31.7 Å². The first-order valence-corrected chi connectivity index (χ1v) is 11.1. The number of hydrazone groups is 1. The third kappa shape index (κ3) is 5.81. The number of piperazine rings is 1. The Balaban J connectivity index is 1.59. The van der Waals surface area contributed by atoms with Gasteiger partial charge in [0.1, 0.15) is 0 Å². The van der Waals surface area contributed by atoms with Crippen LogP contribution in [0.5, 0.6) is 11.5 Å². The normalized spacial score (nSPS) is 14.6. The lowest BCUT2D eigenvalue weighted by Gasteiger charge is -2.34. The maximum Gasteiger partial charge on any atom is 0.201 e. The van der Waals surface area contributed by atoms with Crippen molar-refractivity contribution in [3.8, 4) is 11.5 Å². The number of azo groups is 1. The molecule has 1 heterocycles. The zero-order valence-electron chi connectivity index (χ0n) is 18.7. The van der Waals surface area contributed by atoms with E-state index >= 15 is 0 Å². The number of hydrogen-bond donors (Lipinski definition) is 0. The number of rotatable bonds is 6. The molecule has 0 spiro atoms. The summed E-state index contributed by atoms with van der Waals surface area (Å²) in [5.74, 6) is 1.74. The molecule has 0 aromatic heterocycles. The molecule has 0 bridgehead atoms. The Bertz CT molecular complexity index is 1130. The van der Waals surface area contributed by atoms with Crippen LogP contribution in [0.15, 0.2) is 88.1 Å². The molecule has 7 nitrogen and oxygen atoms in total. The minimum absolute atomic E-state index is 0.490. The fourth-order valence-corrected chi connectivity index (χ4v) is 3.77. The number of halogens is 1. The first kappa shape index (κ1) is 22.6. The summed E-state index contributed by atoms with van der Waals surface area (Å²) in [5.41, 5.74) is 2.66. The minimum Gasteiger partial charge on any atom is -0.493 e. The maximum absolute atomic E-state index is 6.09. The second kappa shape index (κ2) is 10.8. The second-order valence-electron chi connectivity index (χ2n) is 7.45. The van der Waals surface area contributed by atoms with E-state index in [1.807, 2.05) is 41.4 Å². The van der Waals surface area contributed by atoms with Crippen LogP contribution < -0.4 is 14.4 Å². The number of ether oxygens (including phenoxy) is 2. The van der Waals surface area contributed by atoms with Crippen molar-refractivity contribution in [1.82, 2.24) is 5.01 Å². The average molecular weight is 464 g/mol. The number of para-hydroxylation sites is 1. The molecule has 0 amide bonds. The van der Waals surface area contributed by atoms with E-state index in [2.05, 4.69) is 39.4 Å².